The van der Waals surface area contributed by atoms with Crippen LogP contribution in [-0.4, -0.2) is 19.9 Å². The number of benzene rings is 2. The minimum Gasteiger partial charge on any atom is -0.367 e. The summed E-state index contributed by atoms with van der Waals surface area (Å²) >= 11 is 0. The van der Waals surface area contributed by atoms with Crippen molar-refractivity contribution in [1.29, 1.82) is 0 Å². The second kappa shape index (κ2) is 4.76. The third-order valence-corrected chi connectivity index (χ3v) is 4.49. The van der Waals surface area contributed by atoms with Crippen LogP contribution in [0.2, 0.25) is 0 Å². The summed E-state index contributed by atoms with van der Waals surface area (Å²) in [4.78, 5) is 2.41. The summed E-state index contributed by atoms with van der Waals surface area (Å²) in [7, 11) is 0. The van der Waals surface area contributed by atoms with Crippen LogP contribution in [0.4, 0.5) is 11.4 Å². The largest absolute Gasteiger partial charge is 0.367 e. The zero-order valence-electron chi connectivity index (χ0n) is 12.2. The van der Waals surface area contributed by atoms with Gasteiger partial charge in [-0.3, -0.25) is 5.32 Å². The number of rotatable bonds is 1. The third-order valence-electron chi connectivity index (χ3n) is 4.49. The molecule has 4 rings (SSSR count). The zero-order chi connectivity index (χ0) is 14.3. The van der Waals surface area contributed by atoms with Crippen LogP contribution in [0.5, 0.6) is 0 Å². The average Bonchev–Trinajstić information content (AvgIpc) is 2.99. The predicted octanol–water partition coefficient (Wildman–Crippen LogP) is 2.19. The van der Waals surface area contributed by atoms with E-state index in [1.165, 1.54) is 22.5 Å². The first-order chi connectivity index (χ1) is 10.3. The van der Waals surface area contributed by atoms with Gasteiger partial charge in [-0.05, 0) is 25.1 Å². The van der Waals surface area contributed by atoms with Crippen LogP contribution < -0.4 is 20.9 Å². The maximum atomic E-state index is 3.67. The van der Waals surface area contributed by atoms with E-state index in [1.807, 2.05) is 0 Å². The first kappa shape index (κ1) is 12.7. The fourth-order valence-corrected chi connectivity index (χ4v) is 3.37. The molecule has 1 atom stereocenters. The smallest absolute Gasteiger partial charge is 0.134 e. The van der Waals surface area contributed by atoms with Crippen LogP contribution in [0.1, 0.15) is 11.1 Å². The molecule has 2 heterocycles. The minimum absolute atomic E-state index is 0.170. The second-order valence-electron chi connectivity index (χ2n) is 5.78. The van der Waals surface area contributed by atoms with Gasteiger partial charge in [-0.15, -0.1) is 0 Å². The lowest BCUT2D eigenvalue weighted by atomic mass is 9.93. The molecule has 1 unspecified atom stereocenters. The first-order valence-electron chi connectivity index (χ1n) is 7.43. The number of nitrogens with one attached hydrogen (secondary N) is 3. The quantitative estimate of drug-likeness (QED) is 0.749. The highest BCUT2D eigenvalue weighted by atomic mass is 15.4. The molecular weight excluding hydrogens is 260 g/mol. The minimum atomic E-state index is -0.170. The van der Waals surface area contributed by atoms with Crippen molar-refractivity contribution in [3.05, 3.63) is 59.7 Å². The first-order valence-corrected chi connectivity index (χ1v) is 7.43. The SMILES string of the molecule is Cc1ccc(N2CNc3ccccc3C23CNCN3)cc1. The van der Waals surface area contributed by atoms with E-state index in [2.05, 4.69) is 76.3 Å². The Kier molecular flexibility index (Phi) is 2.87. The molecule has 0 bridgehead atoms. The number of hydrogen-bond donors (Lipinski definition) is 3. The van der Waals surface area contributed by atoms with Gasteiger partial charge in [0.2, 0.25) is 0 Å². The summed E-state index contributed by atoms with van der Waals surface area (Å²) in [5.74, 6) is 0. The fraction of sp³-hybridized carbons (Fsp3) is 0.294. The summed E-state index contributed by atoms with van der Waals surface area (Å²) in [6.07, 6.45) is 0. The molecule has 21 heavy (non-hydrogen) atoms. The average molecular weight is 280 g/mol. The number of nitrogens with zero attached hydrogens (tertiary/aromatic N) is 1. The van der Waals surface area contributed by atoms with Gasteiger partial charge in [0.1, 0.15) is 5.66 Å². The molecule has 0 amide bonds. The molecule has 2 aliphatic rings. The lowest BCUT2D eigenvalue weighted by molar-refractivity contribution is 0.384. The normalized spacial score (nSPS) is 24.0. The van der Waals surface area contributed by atoms with E-state index in [4.69, 9.17) is 0 Å². The molecule has 1 fully saturated rings. The van der Waals surface area contributed by atoms with Crippen LogP contribution in [-0.2, 0) is 5.66 Å². The Balaban J connectivity index is 1.83. The van der Waals surface area contributed by atoms with E-state index in [0.717, 1.165) is 19.9 Å². The molecule has 2 aliphatic heterocycles. The van der Waals surface area contributed by atoms with Crippen molar-refractivity contribution in [3.8, 4) is 0 Å². The zero-order valence-corrected chi connectivity index (χ0v) is 12.2. The Bertz CT molecular complexity index is 644. The summed E-state index contributed by atoms with van der Waals surface area (Å²) < 4.78 is 0. The number of anilines is 2. The van der Waals surface area contributed by atoms with Crippen LogP contribution in [0.15, 0.2) is 48.5 Å². The molecule has 1 saturated heterocycles. The van der Waals surface area contributed by atoms with Gasteiger partial charge in [-0.25, -0.2) is 0 Å². The lowest BCUT2D eigenvalue weighted by Crippen LogP contribution is -2.59. The van der Waals surface area contributed by atoms with E-state index in [1.54, 1.807) is 0 Å². The van der Waals surface area contributed by atoms with E-state index >= 15 is 0 Å². The Morgan fingerprint density at radius 2 is 1.86 bits per heavy atom. The van der Waals surface area contributed by atoms with Gasteiger partial charge in [-0.1, -0.05) is 35.9 Å². The molecule has 0 radical (unpaired) electrons. The maximum absolute atomic E-state index is 3.67. The summed E-state index contributed by atoms with van der Waals surface area (Å²) in [5, 5.41) is 10.7. The summed E-state index contributed by atoms with van der Waals surface area (Å²) in [6.45, 7) is 4.66. The van der Waals surface area contributed by atoms with E-state index in [9.17, 15) is 0 Å². The fourth-order valence-electron chi connectivity index (χ4n) is 3.37. The Hall–Kier alpha value is -2.04. The molecule has 2 aromatic rings. The van der Waals surface area contributed by atoms with Gasteiger partial charge in [0.25, 0.3) is 0 Å². The van der Waals surface area contributed by atoms with Crippen LogP contribution in [0.25, 0.3) is 0 Å². The molecule has 4 heteroatoms. The number of para-hydroxylation sites is 1. The van der Waals surface area contributed by atoms with Crippen molar-refractivity contribution in [2.24, 2.45) is 0 Å². The van der Waals surface area contributed by atoms with Gasteiger partial charge in [-0.2, -0.15) is 0 Å². The Morgan fingerprint density at radius 1 is 1.05 bits per heavy atom. The summed E-state index contributed by atoms with van der Waals surface area (Å²) in [6, 6.07) is 17.3. The molecule has 3 N–H and O–H groups in total. The van der Waals surface area contributed by atoms with Crippen LogP contribution >= 0.6 is 0 Å². The second-order valence-corrected chi connectivity index (χ2v) is 5.78. The highest BCUT2D eigenvalue weighted by Gasteiger charge is 2.44. The van der Waals surface area contributed by atoms with Gasteiger partial charge < -0.3 is 15.5 Å². The van der Waals surface area contributed by atoms with Crippen molar-refractivity contribution in [2.45, 2.75) is 12.6 Å². The van der Waals surface area contributed by atoms with Crippen molar-refractivity contribution < 1.29 is 0 Å². The van der Waals surface area contributed by atoms with Crippen molar-refractivity contribution >= 4 is 11.4 Å². The lowest BCUT2D eigenvalue weighted by Gasteiger charge is -2.47. The standard InChI is InChI=1S/C17H20N4/c1-13-6-8-14(9-7-13)21-12-19-16-5-3-2-4-15(16)17(21)10-18-11-20-17/h2-9,18-20H,10-12H2,1H3. The molecular formula is C17H20N4. The molecule has 0 aliphatic carbocycles. The molecule has 4 nitrogen and oxygen atoms in total. The van der Waals surface area contributed by atoms with Crippen LogP contribution in [0, 0.1) is 6.92 Å². The number of hydrogen-bond acceptors (Lipinski definition) is 4. The molecule has 1 spiro atoms. The maximum Gasteiger partial charge on any atom is 0.134 e. The Morgan fingerprint density at radius 3 is 2.62 bits per heavy atom. The van der Waals surface area contributed by atoms with Gasteiger partial charge >= 0.3 is 0 Å². The highest BCUT2D eigenvalue weighted by Crippen LogP contribution is 2.39. The van der Waals surface area contributed by atoms with Gasteiger partial charge in [0.05, 0.1) is 6.67 Å². The monoisotopic (exact) mass is 280 g/mol. The highest BCUT2D eigenvalue weighted by molar-refractivity contribution is 5.64. The molecule has 2 aromatic carbocycles. The van der Waals surface area contributed by atoms with Crippen molar-refractivity contribution in [1.82, 2.24) is 10.6 Å². The molecule has 0 aromatic heterocycles. The number of fused-ring (bicyclic) bond motifs is 2. The molecule has 0 saturated carbocycles. The summed E-state index contributed by atoms with van der Waals surface area (Å²) in [5.41, 5.74) is 4.88. The van der Waals surface area contributed by atoms with Gasteiger partial charge in [0, 0.05) is 30.2 Å². The Labute approximate surface area is 125 Å². The van der Waals surface area contributed by atoms with Crippen molar-refractivity contribution in [3.63, 3.8) is 0 Å². The van der Waals surface area contributed by atoms with Crippen molar-refractivity contribution in [2.75, 3.05) is 30.1 Å². The van der Waals surface area contributed by atoms with E-state index in [-0.39, 0.29) is 5.66 Å². The predicted molar refractivity (Wildman–Crippen MR) is 86.3 cm³/mol. The van der Waals surface area contributed by atoms with Crippen LogP contribution in [0.3, 0.4) is 0 Å². The van der Waals surface area contributed by atoms with E-state index < -0.39 is 0 Å². The third kappa shape index (κ3) is 1.91. The van der Waals surface area contributed by atoms with Gasteiger partial charge in [0.15, 0.2) is 0 Å². The van der Waals surface area contributed by atoms with E-state index in [0.29, 0.717) is 0 Å². The number of aryl methyl sites for hydroxylation is 1. The topological polar surface area (TPSA) is 39.3 Å². The molecule has 108 valence electrons.